The van der Waals surface area contributed by atoms with Crippen LogP contribution in [0.4, 0.5) is 0 Å². The Bertz CT molecular complexity index is 74.9. The molecule has 0 aliphatic rings. The van der Waals surface area contributed by atoms with Gasteiger partial charge >= 0.3 is 0 Å². The maximum absolute atomic E-state index is 8.29. The summed E-state index contributed by atoms with van der Waals surface area (Å²) in [5.41, 5.74) is 4.78. The molecule has 6 heteroatoms. The average Bonchev–Trinajstić information content (AvgIpc) is 1.35. The monoisotopic (exact) mass is 127 g/mol. The van der Waals surface area contributed by atoms with Crippen LogP contribution in [0.25, 0.3) is 0 Å². The van der Waals surface area contributed by atoms with Crippen molar-refractivity contribution in [1.82, 2.24) is 5.20 Å². The minimum Gasteiger partial charge on any atom is -0.342 e. The summed E-state index contributed by atoms with van der Waals surface area (Å²) in [6, 6.07) is 0. The average molecular weight is 127 g/mol. The maximum Gasteiger partial charge on any atom is 0.205 e. The largest absolute Gasteiger partial charge is 0.342 e. The Labute approximate surface area is 40.7 Å². The predicted molar refractivity (Wildman–Crippen MR) is 28.0 cm³/mol. The fraction of sp³-hybridized carbons (Fsp3) is 0. The number of hydrazine groups is 1. The maximum atomic E-state index is 8.29. The zero-order valence-electron chi connectivity index (χ0n) is 2.96. The van der Waals surface area contributed by atoms with E-state index in [1.54, 1.807) is 0 Å². The van der Waals surface area contributed by atoms with Gasteiger partial charge in [-0.2, -0.15) is 5.20 Å². The predicted octanol–water partition coefficient (Wildman–Crippen LogP) is -1.37. The fourth-order valence-electron chi connectivity index (χ4n) is 0. The van der Waals surface area contributed by atoms with E-state index in [2.05, 4.69) is 17.6 Å². The molecule has 0 heterocycles. The fourth-order valence-corrected chi connectivity index (χ4v) is 0. The lowest BCUT2D eigenvalue weighted by molar-refractivity contribution is 0.607. The molecule has 1 unspecified atom stereocenters. The van der Waals surface area contributed by atoms with Crippen molar-refractivity contribution in [2.24, 2.45) is 11.3 Å². The standard InChI is InChI=1S/H6N3OPS/c1-3-5(2,4)6/h1H2,(H4,2,3,4,6). The molecule has 0 aromatic heterocycles. The van der Waals surface area contributed by atoms with E-state index in [0.29, 0.717) is 0 Å². The summed E-state index contributed by atoms with van der Waals surface area (Å²) in [6.45, 7) is -2.79. The molecular formula is H6N3OPS. The normalized spacial score (nSPS) is 19.8. The van der Waals surface area contributed by atoms with Crippen LogP contribution in [-0.4, -0.2) is 4.89 Å². The van der Waals surface area contributed by atoms with E-state index in [4.69, 9.17) is 10.4 Å². The van der Waals surface area contributed by atoms with Gasteiger partial charge in [-0.15, -0.1) is 0 Å². The molecule has 0 fully saturated rings. The van der Waals surface area contributed by atoms with Gasteiger partial charge in [-0.25, -0.2) is 0 Å². The lowest BCUT2D eigenvalue weighted by atomic mass is 13.0. The number of nitrogens with one attached hydrogen (secondary N) is 1. The summed E-state index contributed by atoms with van der Waals surface area (Å²) >= 11 is 4.19. The van der Waals surface area contributed by atoms with Gasteiger partial charge in [0.1, 0.15) is 0 Å². The molecule has 0 aromatic rings. The van der Waals surface area contributed by atoms with Crippen molar-refractivity contribution >= 4 is 18.4 Å². The van der Waals surface area contributed by atoms with E-state index in [1.165, 1.54) is 0 Å². The van der Waals surface area contributed by atoms with E-state index in [9.17, 15) is 0 Å². The molecule has 0 aliphatic heterocycles. The van der Waals surface area contributed by atoms with E-state index in [0.717, 1.165) is 0 Å². The summed E-state index contributed by atoms with van der Waals surface area (Å²) in [5, 5.41) is 1.86. The lowest BCUT2D eigenvalue weighted by Crippen LogP contribution is -2.21. The molecular weight excluding hydrogens is 121 g/mol. The van der Waals surface area contributed by atoms with Crippen molar-refractivity contribution < 1.29 is 4.89 Å². The van der Waals surface area contributed by atoms with Crippen molar-refractivity contribution in [1.29, 1.82) is 0 Å². The summed E-state index contributed by atoms with van der Waals surface area (Å²) in [6.07, 6.45) is 0. The third kappa shape index (κ3) is 4.49. The SMILES string of the molecule is NNP(N)(O)=S. The van der Waals surface area contributed by atoms with Crippen LogP contribution in [0.2, 0.25) is 0 Å². The van der Waals surface area contributed by atoms with Gasteiger partial charge in [0, 0.05) is 0 Å². The van der Waals surface area contributed by atoms with Crippen LogP contribution in [0.15, 0.2) is 0 Å². The second-order valence-electron chi connectivity index (χ2n) is 0.752. The Morgan fingerprint density at radius 2 is 2.00 bits per heavy atom. The summed E-state index contributed by atoms with van der Waals surface area (Å²) < 4.78 is 0. The van der Waals surface area contributed by atoms with Crippen molar-refractivity contribution in [3.8, 4) is 0 Å². The zero-order chi connectivity index (χ0) is 5.21. The van der Waals surface area contributed by atoms with Gasteiger partial charge in [-0.1, -0.05) is 0 Å². The number of hydrogen-bond donors (Lipinski definition) is 4. The molecule has 0 radical (unpaired) electrons. The molecule has 0 spiro atoms. The van der Waals surface area contributed by atoms with Crippen molar-refractivity contribution in [2.45, 2.75) is 0 Å². The molecule has 0 saturated heterocycles. The Morgan fingerprint density at radius 1 is 1.83 bits per heavy atom. The second kappa shape index (κ2) is 1.97. The Balaban J connectivity index is 3.48. The quantitative estimate of drug-likeness (QED) is 0.198. The van der Waals surface area contributed by atoms with Gasteiger partial charge in [0.25, 0.3) is 0 Å². The van der Waals surface area contributed by atoms with Gasteiger partial charge in [0.15, 0.2) is 0 Å². The first-order valence-corrected chi connectivity index (χ1v) is 3.98. The minimum atomic E-state index is -2.79. The van der Waals surface area contributed by atoms with Crippen LogP contribution >= 0.6 is 6.57 Å². The molecule has 4 nitrogen and oxygen atoms in total. The third-order valence-electron chi connectivity index (χ3n) is 0.185. The van der Waals surface area contributed by atoms with E-state index in [1.807, 2.05) is 5.20 Å². The van der Waals surface area contributed by atoms with Gasteiger partial charge in [-0.3, -0.25) is 11.3 Å². The smallest absolute Gasteiger partial charge is 0.205 e. The molecule has 0 aliphatic carbocycles. The van der Waals surface area contributed by atoms with E-state index < -0.39 is 6.57 Å². The Hall–Kier alpha value is 0.490. The molecule has 38 valence electrons. The zero-order valence-corrected chi connectivity index (χ0v) is 4.67. The Kier molecular flexibility index (Phi) is 2.13. The highest BCUT2D eigenvalue weighted by Gasteiger charge is 1.94. The molecule has 0 saturated carbocycles. The van der Waals surface area contributed by atoms with E-state index >= 15 is 0 Å². The molecule has 6 heavy (non-hydrogen) atoms. The molecule has 0 bridgehead atoms. The first kappa shape index (κ1) is 6.49. The highest BCUT2D eigenvalue weighted by molar-refractivity contribution is 8.09. The summed E-state index contributed by atoms with van der Waals surface area (Å²) in [4.78, 5) is 8.29. The van der Waals surface area contributed by atoms with Gasteiger partial charge in [0.2, 0.25) is 6.57 Å². The van der Waals surface area contributed by atoms with Crippen LogP contribution in [0.1, 0.15) is 0 Å². The first-order chi connectivity index (χ1) is 2.56. The highest BCUT2D eigenvalue weighted by Crippen LogP contribution is 2.19. The first-order valence-electron chi connectivity index (χ1n) is 1.15. The summed E-state index contributed by atoms with van der Waals surface area (Å²) in [5.74, 6) is 4.63. The number of rotatable bonds is 1. The molecule has 1 atom stereocenters. The van der Waals surface area contributed by atoms with E-state index in [-0.39, 0.29) is 0 Å². The van der Waals surface area contributed by atoms with Crippen LogP contribution in [0.3, 0.4) is 0 Å². The van der Waals surface area contributed by atoms with Gasteiger partial charge < -0.3 is 4.89 Å². The van der Waals surface area contributed by atoms with Gasteiger partial charge in [0.05, 0.1) is 0 Å². The summed E-state index contributed by atoms with van der Waals surface area (Å²) in [7, 11) is 0. The van der Waals surface area contributed by atoms with Crippen LogP contribution in [0.5, 0.6) is 0 Å². The van der Waals surface area contributed by atoms with Crippen molar-refractivity contribution in [3.05, 3.63) is 0 Å². The van der Waals surface area contributed by atoms with Crippen molar-refractivity contribution in [3.63, 3.8) is 0 Å². The minimum absolute atomic E-state index is 1.86. The number of nitrogens with two attached hydrogens (primary N) is 2. The third-order valence-corrected chi connectivity index (χ3v) is 0.871. The van der Waals surface area contributed by atoms with Gasteiger partial charge in [-0.05, 0) is 11.8 Å². The molecule has 0 rings (SSSR count). The number of hydrogen-bond acceptors (Lipinski definition) is 2. The second-order valence-corrected chi connectivity index (χ2v) is 3.93. The topological polar surface area (TPSA) is 84.3 Å². The van der Waals surface area contributed by atoms with Crippen molar-refractivity contribution in [2.75, 3.05) is 0 Å². The van der Waals surface area contributed by atoms with Crippen LogP contribution < -0.4 is 16.5 Å². The molecule has 0 aromatic carbocycles. The molecule has 6 N–H and O–H groups in total. The van der Waals surface area contributed by atoms with Crippen LogP contribution in [-0.2, 0) is 11.8 Å². The lowest BCUT2D eigenvalue weighted by Gasteiger charge is -2.02. The Morgan fingerprint density at radius 3 is 2.00 bits per heavy atom. The highest BCUT2D eigenvalue weighted by atomic mass is 32.4. The molecule has 0 amide bonds. The van der Waals surface area contributed by atoms with Crippen LogP contribution in [0, 0.1) is 0 Å².